The van der Waals surface area contributed by atoms with Gasteiger partial charge in [0.2, 0.25) is 0 Å². The maximum absolute atomic E-state index is 12.3. The number of rotatable bonds is 3. The van der Waals surface area contributed by atoms with Crippen molar-refractivity contribution in [3.05, 3.63) is 35.4 Å². The van der Waals surface area contributed by atoms with Gasteiger partial charge in [0.15, 0.2) is 0 Å². The Hall–Kier alpha value is -2.00. The Bertz CT molecular complexity index is 529. The van der Waals surface area contributed by atoms with Gasteiger partial charge in [-0.05, 0) is 12.1 Å². The van der Waals surface area contributed by atoms with Crippen LogP contribution in [-0.4, -0.2) is 42.3 Å². The van der Waals surface area contributed by atoms with Crippen LogP contribution >= 0.6 is 0 Å². The number of hydrogen-bond acceptors (Lipinski definition) is 2. The van der Waals surface area contributed by atoms with Gasteiger partial charge >= 0.3 is 6.18 Å². The molecule has 0 aliphatic carbocycles. The Labute approximate surface area is 115 Å². The molecule has 108 valence electrons. The fourth-order valence-corrected chi connectivity index (χ4v) is 1.54. The minimum Gasteiger partial charge on any atom is -0.395 e. The third kappa shape index (κ3) is 4.94. The molecule has 0 fully saturated rings. The van der Waals surface area contributed by atoms with Gasteiger partial charge in [-0.15, -0.1) is 0 Å². The Morgan fingerprint density at radius 3 is 2.60 bits per heavy atom. The molecule has 1 amide bonds. The van der Waals surface area contributed by atoms with Crippen LogP contribution in [0.5, 0.6) is 0 Å². The second-order valence-electron chi connectivity index (χ2n) is 4.10. The maximum Gasteiger partial charge on any atom is 0.406 e. The first-order chi connectivity index (χ1) is 9.35. The largest absolute Gasteiger partial charge is 0.406 e. The summed E-state index contributed by atoms with van der Waals surface area (Å²) in [6, 6.07) is 6.19. The monoisotopic (exact) mass is 285 g/mol. The first kappa shape index (κ1) is 16.1. The fourth-order valence-electron chi connectivity index (χ4n) is 1.54. The molecule has 0 radical (unpaired) electrons. The summed E-state index contributed by atoms with van der Waals surface area (Å²) in [5.41, 5.74) is 0.463. The molecule has 1 aromatic rings. The number of nitrogens with zero attached hydrogens (tertiary/aromatic N) is 1. The lowest BCUT2D eigenvalue weighted by Crippen LogP contribution is -2.36. The number of carbonyl (C=O) groups is 1. The highest BCUT2D eigenvalue weighted by Gasteiger charge is 2.31. The summed E-state index contributed by atoms with van der Waals surface area (Å²) in [4.78, 5) is 12.6. The number of aliphatic hydroxyl groups is 1. The van der Waals surface area contributed by atoms with E-state index in [4.69, 9.17) is 5.11 Å². The van der Waals surface area contributed by atoms with Gasteiger partial charge in [-0.3, -0.25) is 4.79 Å². The summed E-state index contributed by atoms with van der Waals surface area (Å²) in [5.74, 6) is 4.58. The first-order valence-electron chi connectivity index (χ1n) is 5.86. The molecule has 0 aromatic heterocycles. The van der Waals surface area contributed by atoms with Crippen LogP contribution in [0.25, 0.3) is 0 Å². The number of amides is 1. The zero-order valence-corrected chi connectivity index (χ0v) is 10.9. The van der Waals surface area contributed by atoms with Crippen LogP contribution in [0.1, 0.15) is 22.3 Å². The predicted molar refractivity (Wildman–Crippen MR) is 68.0 cm³/mol. The Balaban J connectivity index is 2.96. The summed E-state index contributed by atoms with van der Waals surface area (Å²) in [7, 11) is 1.09. The van der Waals surface area contributed by atoms with Crippen molar-refractivity contribution in [2.24, 2.45) is 0 Å². The average Bonchev–Trinajstić information content (AvgIpc) is 2.37. The lowest BCUT2D eigenvalue weighted by atomic mass is 10.1. The van der Waals surface area contributed by atoms with Crippen LogP contribution < -0.4 is 0 Å². The zero-order chi connectivity index (χ0) is 15.2. The summed E-state index contributed by atoms with van der Waals surface area (Å²) >= 11 is 0. The van der Waals surface area contributed by atoms with Crippen molar-refractivity contribution in [2.75, 3.05) is 20.2 Å². The number of benzene rings is 1. The van der Waals surface area contributed by atoms with E-state index < -0.39 is 18.6 Å². The second kappa shape index (κ2) is 6.96. The smallest absolute Gasteiger partial charge is 0.395 e. The summed E-state index contributed by atoms with van der Waals surface area (Å²) in [5, 5.41) is 8.64. The molecule has 6 heteroatoms. The Kier molecular flexibility index (Phi) is 5.59. The highest BCUT2D eigenvalue weighted by atomic mass is 19.4. The van der Waals surface area contributed by atoms with E-state index in [1.165, 1.54) is 6.07 Å². The molecule has 1 aromatic carbocycles. The predicted octanol–water partition coefficient (Wildman–Crippen LogP) is 2.05. The molecule has 0 aliphatic heterocycles. The molecule has 0 spiro atoms. The molecule has 3 nitrogen and oxygen atoms in total. The van der Waals surface area contributed by atoms with Crippen molar-refractivity contribution in [3.8, 4) is 11.8 Å². The molecule has 0 aliphatic rings. The zero-order valence-electron chi connectivity index (χ0n) is 10.9. The van der Waals surface area contributed by atoms with Crippen molar-refractivity contribution in [2.45, 2.75) is 12.6 Å². The number of halogens is 3. The topological polar surface area (TPSA) is 40.5 Å². The minimum absolute atomic E-state index is 0.114. The quantitative estimate of drug-likeness (QED) is 0.864. The molecule has 0 bridgehead atoms. The fraction of sp³-hybridized carbons (Fsp3) is 0.357. The van der Waals surface area contributed by atoms with Crippen molar-refractivity contribution >= 4 is 5.91 Å². The average molecular weight is 285 g/mol. The van der Waals surface area contributed by atoms with E-state index >= 15 is 0 Å². The van der Waals surface area contributed by atoms with Crippen LogP contribution in [0.4, 0.5) is 13.2 Å². The van der Waals surface area contributed by atoms with Crippen molar-refractivity contribution in [1.82, 2.24) is 4.90 Å². The lowest BCUT2D eigenvalue weighted by Gasteiger charge is -2.19. The van der Waals surface area contributed by atoms with Gasteiger partial charge in [-0.25, -0.2) is 0 Å². The van der Waals surface area contributed by atoms with Gasteiger partial charge < -0.3 is 10.0 Å². The van der Waals surface area contributed by atoms with Gasteiger partial charge in [0.05, 0.1) is 12.2 Å². The third-order valence-corrected chi connectivity index (χ3v) is 2.38. The third-order valence-electron chi connectivity index (χ3n) is 2.38. The van der Waals surface area contributed by atoms with E-state index in [1.807, 2.05) is 0 Å². The molecule has 1 N–H and O–H groups in total. The summed E-state index contributed by atoms with van der Waals surface area (Å²) < 4.78 is 36.8. The van der Waals surface area contributed by atoms with Crippen LogP contribution in [0.2, 0.25) is 0 Å². The number of carbonyl (C=O) groups excluding carboxylic acids is 1. The molecule has 0 saturated heterocycles. The molecule has 0 heterocycles. The minimum atomic E-state index is -4.44. The SMILES string of the molecule is CN(CC(F)(F)F)C(=O)c1ccccc1C#CCCO. The summed E-state index contributed by atoms with van der Waals surface area (Å²) in [6.45, 7) is -1.43. The normalized spacial score (nSPS) is 10.7. The second-order valence-corrected chi connectivity index (χ2v) is 4.10. The molecule has 0 saturated carbocycles. The molecule has 1 rings (SSSR count). The molecule has 0 unspecified atom stereocenters. The number of aliphatic hydroxyl groups excluding tert-OH is 1. The Morgan fingerprint density at radius 1 is 1.35 bits per heavy atom. The van der Waals surface area contributed by atoms with E-state index in [-0.39, 0.29) is 18.6 Å². The van der Waals surface area contributed by atoms with Gasteiger partial charge in [0.1, 0.15) is 6.54 Å². The van der Waals surface area contributed by atoms with Gasteiger partial charge in [-0.2, -0.15) is 13.2 Å². The standard InChI is InChI=1S/C14H14F3NO2/c1-18(10-14(15,16)17)13(20)12-8-3-2-6-11(12)7-4-5-9-19/h2-3,6,8,19H,5,9-10H2,1H3. The van der Waals surface area contributed by atoms with Crippen molar-refractivity contribution < 1.29 is 23.1 Å². The van der Waals surface area contributed by atoms with Crippen LogP contribution in [0.3, 0.4) is 0 Å². The molecule has 20 heavy (non-hydrogen) atoms. The molecular formula is C14H14F3NO2. The summed E-state index contributed by atoms with van der Waals surface area (Å²) in [6.07, 6.45) is -4.21. The van der Waals surface area contributed by atoms with Crippen LogP contribution in [0.15, 0.2) is 24.3 Å². The van der Waals surface area contributed by atoms with Gasteiger partial charge in [0.25, 0.3) is 5.91 Å². The highest BCUT2D eigenvalue weighted by Crippen LogP contribution is 2.18. The van der Waals surface area contributed by atoms with Crippen LogP contribution in [-0.2, 0) is 0 Å². The maximum atomic E-state index is 12.3. The molecule has 0 atom stereocenters. The highest BCUT2D eigenvalue weighted by molar-refractivity contribution is 5.96. The van der Waals surface area contributed by atoms with Gasteiger partial charge in [-0.1, -0.05) is 24.0 Å². The first-order valence-corrected chi connectivity index (χ1v) is 5.86. The van der Waals surface area contributed by atoms with Crippen molar-refractivity contribution in [3.63, 3.8) is 0 Å². The van der Waals surface area contributed by atoms with E-state index in [0.717, 1.165) is 7.05 Å². The lowest BCUT2D eigenvalue weighted by molar-refractivity contribution is -0.138. The van der Waals surface area contributed by atoms with E-state index in [1.54, 1.807) is 18.2 Å². The van der Waals surface area contributed by atoms with E-state index in [9.17, 15) is 18.0 Å². The molecular weight excluding hydrogens is 271 g/mol. The van der Waals surface area contributed by atoms with Crippen LogP contribution in [0, 0.1) is 11.8 Å². The van der Waals surface area contributed by atoms with Gasteiger partial charge in [0, 0.05) is 19.0 Å². The Morgan fingerprint density at radius 2 is 2.00 bits per heavy atom. The van der Waals surface area contributed by atoms with E-state index in [2.05, 4.69) is 11.8 Å². The van der Waals surface area contributed by atoms with E-state index in [0.29, 0.717) is 10.5 Å². The number of hydrogen-bond donors (Lipinski definition) is 1. The van der Waals surface area contributed by atoms with Crippen molar-refractivity contribution in [1.29, 1.82) is 0 Å². The number of alkyl halides is 3.